The van der Waals surface area contributed by atoms with Crippen LogP contribution < -0.4 is 9.80 Å². The second-order valence-corrected chi connectivity index (χ2v) is 6.01. The summed E-state index contributed by atoms with van der Waals surface area (Å²) < 4.78 is 0. The van der Waals surface area contributed by atoms with Crippen molar-refractivity contribution >= 4 is 17.4 Å². The average molecular weight is 331 g/mol. The lowest BCUT2D eigenvalue weighted by atomic mass is 10.1. The van der Waals surface area contributed by atoms with Crippen LogP contribution in [0.15, 0.2) is 79.0 Å². The molecule has 0 bridgehead atoms. The number of amides is 1. The smallest absolute Gasteiger partial charge is 0.259 e. The van der Waals surface area contributed by atoms with Crippen LogP contribution in [0.25, 0.3) is 0 Å². The standard InChI is InChI=1S/C21H21N3O/c1-23(2)19-12-8-11-18(15-19)21(25)24(20-13-6-7-14-22-20)16-17-9-4-3-5-10-17/h3-15H,16H2,1-2H3. The largest absolute Gasteiger partial charge is 0.378 e. The molecule has 0 aliphatic rings. The Morgan fingerprint density at radius 3 is 2.36 bits per heavy atom. The minimum Gasteiger partial charge on any atom is -0.378 e. The fourth-order valence-corrected chi connectivity index (χ4v) is 2.61. The van der Waals surface area contributed by atoms with Crippen molar-refractivity contribution in [3.63, 3.8) is 0 Å². The van der Waals surface area contributed by atoms with Gasteiger partial charge in [-0.2, -0.15) is 0 Å². The number of carbonyl (C=O) groups is 1. The molecule has 0 unspecified atom stereocenters. The number of pyridine rings is 1. The van der Waals surface area contributed by atoms with Gasteiger partial charge in [0.1, 0.15) is 5.82 Å². The van der Waals surface area contributed by atoms with Crippen molar-refractivity contribution < 1.29 is 4.79 Å². The van der Waals surface area contributed by atoms with Crippen molar-refractivity contribution in [3.8, 4) is 0 Å². The Morgan fingerprint density at radius 1 is 0.920 bits per heavy atom. The van der Waals surface area contributed by atoms with Crippen LogP contribution in [0.1, 0.15) is 15.9 Å². The molecular formula is C21H21N3O. The minimum absolute atomic E-state index is 0.0637. The maximum atomic E-state index is 13.2. The van der Waals surface area contributed by atoms with Crippen LogP contribution in [0.4, 0.5) is 11.5 Å². The summed E-state index contributed by atoms with van der Waals surface area (Å²) >= 11 is 0. The molecule has 4 heteroatoms. The first-order chi connectivity index (χ1) is 12.1. The molecule has 2 aromatic carbocycles. The molecule has 0 atom stereocenters. The van der Waals surface area contributed by atoms with Crippen LogP contribution in [-0.2, 0) is 6.54 Å². The van der Waals surface area contributed by atoms with E-state index in [2.05, 4.69) is 4.98 Å². The lowest BCUT2D eigenvalue weighted by Gasteiger charge is -2.23. The summed E-state index contributed by atoms with van der Waals surface area (Å²) in [6.07, 6.45) is 1.71. The summed E-state index contributed by atoms with van der Waals surface area (Å²) in [5.41, 5.74) is 2.70. The second-order valence-electron chi connectivity index (χ2n) is 6.01. The highest BCUT2D eigenvalue weighted by atomic mass is 16.2. The van der Waals surface area contributed by atoms with E-state index in [-0.39, 0.29) is 5.91 Å². The summed E-state index contributed by atoms with van der Waals surface area (Å²) in [6.45, 7) is 0.475. The monoisotopic (exact) mass is 331 g/mol. The van der Waals surface area contributed by atoms with E-state index >= 15 is 0 Å². The van der Waals surface area contributed by atoms with Gasteiger partial charge < -0.3 is 4.90 Å². The van der Waals surface area contributed by atoms with Crippen LogP contribution in [0.5, 0.6) is 0 Å². The molecule has 0 fully saturated rings. The molecule has 0 saturated carbocycles. The Morgan fingerprint density at radius 2 is 1.68 bits per heavy atom. The third kappa shape index (κ3) is 4.04. The molecule has 0 spiro atoms. The Kier molecular flexibility index (Phi) is 5.09. The Balaban J connectivity index is 1.96. The van der Waals surface area contributed by atoms with Gasteiger partial charge in [0.25, 0.3) is 5.91 Å². The van der Waals surface area contributed by atoms with Gasteiger partial charge in [0.2, 0.25) is 0 Å². The molecule has 4 nitrogen and oxygen atoms in total. The maximum absolute atomic E-state index is 13.2. The fraction of sp³-hybridized carbons (Fsp3) is 0.143. The third-order valence-electron chi connectivity index (χ3n) is 3.96. The number of anilines is 2. The minimum atomic E-state index is -0.0637. The van der Waals surface area contributed by atoms with Gasteiger partial charge in [-0.05, 0) is 35.9 Å². The summed E-state index contributed by atoms with van der Waals surface area (Å²) in [5, 5.41) is 0. The molecule has 25 heavy (non-hydrogen) atoms. The molecule has 3 aromatic rings. The molecule has 3 rings (SSSR count). The normalized spacial score (nSPS) is 10.3. The average Bonchev–Trinajstić information content (AvgIpc) is 2.67. The van der Waals surface area contributed by atoms with Crippen LogP contribution >= 0.6 is 0 Å². The summed E-state index contributed by atoms with van der Waals surface area (Å²) in [7, 11) is 3.92. The van der Waals surface area contributed by atoms with Crippen LogP contribution in [0.2, 0.25) is 0 Å². The van der Waals surface area contributed by atoms with Crippen molar-refractivity contribution in [2.24, 2.45) is 0 Å². The zero-order valence-corrected chi connectivity index (χ0v) is 14.5. The van der Waals surface area contributed by atoms with Crippen molar-refractivity contribution in [3.05, 3.63) is 90.1 Å². The molecule has 126 valence electrons. The molecule has 0 N–H and O–H groups in total. The molecule has 0 aliphatic carbocycles. The van der Waals surface area contributed by atoms with Crippen molar-refractivity contribution in [2.75, 3.05) is 23.9 Å². The van der Waals surface area contributed by atoms with E-state index in [0.29, 0.717) is 17.9 Å². The van der Waals surface area contributed by atoms with Gasteiger partial charge in [-0.3, -0.25) is 9.69 Å². The number of aromatic nitrogens is 1. The lowest BCUT2D eigenvalue weighted by molar-refractivity contribution is 0.0984. The third-order valence-corrected chi connectivity index (χ3v) is 3.96. The Bertz CT molecular complexity index is 832. The van der Waals surface area contributed by atoms with Gasteiger partial charge in [-0.1, -0.05) is 42.5 Å². The first-order valence-electron chi connectivity index (χ1n) is 8.19. The highest BCUT2D eigenvalue weighted by molar-refractivity contribution is 6.06. The first-order valence-corrected chi connectivity index (χ1v) is 8.19. The van der Waals surface area contributed by atoms with Crippen molar-refractivity contribution in [1.82, 2.24) is 4.98 Å². The Hall–Kier alpha value is -3.14. The van der Waals surface area contributed by atoms with Gasteiger partial charge in [0.05, 0.1) is 6.54 Å². The number of hydrogen-bond donors (Lipinski definition) is 0. The first kappa shape index (κ1) is 16.7. The van der Waals surface area contributed by atoms with Gasteiger partial charge in [-0.25, -0.2) is 4.98 Å². The van der Waals surface area contributed by atoms with E-state index in [9.17, 15) is 4.79 Å². The predicted molar refractivity (Wildman–Crippen MR) is 102 cm³/mol. The number of nitrogens with zero attached hydrogens (tertiary/aromatic N) is 3. The summed E-state index contributed by atoms with van der Waals surface area (Å²) in [5.74, 6) is 0.581. The van der Waals surface area contributed by atoms with Gasteiger partial charge in [0.15, 0.2) is 0 Å². The van der Waals surface area contributed by atoms with E-state index in [1.807, 2.05) is 91.8 Å². The predicted octanol–water partition coefficient (Wildman–Crippen LogP) is 3.99. The van der Waals surface area contributed by atoms with Gasteiger partial charge in [-0.15, -0.1) is 0 Å². The Labute approximate surface area is 148 Å². The van der Waals surface area contributed by atoms with Crippen LogP contribution in [0.3, 0.4) is 0 Å². The molecular weight excluding hydrogens is 310 g/mol. The number of benzene rings is 2. The molecule has 0 aliphatic heterocycles. The summed E-state index contributed by atoms with van der Waals surface area (Å²) in [6, 6.07) is 23.2. The zero-order chi connectivity index (χ0) is 17.6. The second kappa shape index (κ2) is 7.62. The number of carbonyl (C=O) groups excluding carboxylic acids is 1. The van der Waals surface area contributed by atoms with E-state index in [4.69, 9.17) is 0 Å². The van der Waals surface area contributed by atoms with Gasteiger partial charge in [0, 0.05) is 31.5 Å². The number of hydrogen-bond acceptors (Lipinski definition) is 3. The molecule has 1 aromatic heterocycles. The number of rotatable bonds is 5. The molecule has 1 amide bonds. The van der Waals surface area contributed by atoms with Crippen LogP contribution in [0, 0.1) is 0 Å². The van der Waals surface area contributed by atoms with Crippen molar-refractivity contribution in [1.29, 1.82) is 0 Å². The van der Waals surface area contributed by atoms with Crippen LogP contribution in [-0.4, -0.2) is 25.0 Å². The molecule has 0 saturated heterocycles. The fourth-order valence-electron chi connectivity index (χ4n) is 2.61. The summed E-state index contributed by atoms with van der Waals surface area (Å²) in [4.78, 5) is 21.3. The topological polar surface area (TPSA) is 36.4 Å². The highest BCUT2D eigenvalue weighted by Gasteiger charge is 2.19. The molecule has 0 radical (unpaired) electrons. The highest BCUT2D eigenvalue weighted by Crippen LogP contribution is 2.20. The van der Waals surface area contributed by atoms with Gasteiger partial charge >= 0.3 is 0 Å². The van der Waals surface area contributed by atoms with E-state index in [1.165, 1.54) is 0 Å². The van der Waals surface area contributed by atoms with E-state index < -0.39 is 0 Å². The zero-order valence-electron chi connectivity index (χ0n) is 14.5. The molecule has 1 heterocycles. The SMILES string of the molecule is CN(C)c1cccc(C(=O)N(Cc2ccccc2)c2ccccn2)c1. The van der Waals surface area contributed by atoms with E-state index in [1.54, 1.807) is 11.1 Å². The maximum Gasteiger partial charge on any atom is 0.259 e. The quantitative estimate of drug-likeness (QED) is 0.709. The lowest BCUT2D eigenvalue weighted by Crippen LogP contribution is -2.31. The van der Waals surface area contributed by atoms with Crippen molar-refractivity contribution in [2.45, 2.75) is 6.54 Å². The van der Waals surface area contributed by atoms with E-state index in [0.717, 1.165) is 11.3 Å².